The number of nitrogens with zero attached hydrogens (tertiary/aromatic N) is 4. The minimum Gasteiger partial charge on any atom is -0.320 e. The molecule has 0 aliphatic carbocycles. The lowest BCUT2D eigenvalue weighted by Crippen LogP contribution is -2.51. The monoisotopic (exact) mass is 272 g/mol. The molecular weight excluding hydrogens is 252 g/mol. The van der Waals surface area contributed by atoms with Gasteiger partial charge >= 0.3 is 6.03 Å². The summed E-state index contributed by atoms with van der Waals surface area (Å²) in [7, 11) is 0. The maximum atomic E-state index is 12.6. The highest BCUT2D eigenvalue weighted by molar-refractivity contribution is 5.89. The van der Waals surface area contributed by atoms with Crippen LogP contribution >= 0.6 is 0 Å². The number of fused-ring (bicyclic) bond motifs is 1. The molecule has 0 radical (unpaired) electrons. The molecule has 0 spiro atoms. The van der Waals surface area contributed by atoms with Gasteiger partial charge in [0.1, 0.15) is 0 Å². The Morgan fingerprint density at radius 3 is 2.55 bits per heavy atom. The summed E-state index contributed by atoms with van der Waals surface area (Å²) < 4.78 is 1.51. The van der Waals surface area contributed by atoms with Crippen molar-refractivity contribution in [2.75, 3.05) is 26.2 Å². The van der Waals surface area contributed by atoms with Crippen LogP contribution in [-0.2, 0) is 0 Å². The van der Waals surface area contributed by atoms with Crippen LogP contribution in [0.5, 0.6) is 0 Å². The zero-order valence-electron chi connectivity index (χ0n) is 12.0. The van der Waals surface area contributed by atoms with E-state index < -0.39 is 0 Å². The number of aromatic nitrogens is 2. The molecule has 1 aliphatic rings. The van der Waals surface area contributed by atoms with Gasteiger partial charge in [0.2, 0.25) is 0 Å². The van der Waals surface area contributed by atoms with Gasteiger partial charge in [-0.25, -0.2) is 4.79 Å². The first-order valence-electron chi connectivity index (χ1n) is 7.13. The lowest BCUT2D eigenvalue weighted by atomic mass is 10.2. The number of piperazine rings is 1. The fourth-order valence-electron chi connectivity index (χ4n) is 2.69. The minimum atomic E-state index is -0.0189. The third kappa shape index (κ3) is 2.29. The van der Waals surface area contributed by atoms with Crippen LogP contribution in [0.15, 0.2) is 30.5 Å². The van der Waals surface area contributed by atoms with Gasteiger partial charge < -0.3 is 4.90 Å². The molecule has 1 aromatic heterocycles. The Kier molecular flexibility index (Phi) is 3.44. The van der Waals surface area contributed by atoms with Crippen molar-refractivity contribution < 1.29 is 4.79 Å². The average molecular weight is 272 g/mol. The highest BCUT2D eigenvalue weighted by atomic mass is 16.2. The molecule has 5 heteroatoms. The van der Waals surface area contributed by atoms with Crippen LogP contribution in [0.4, 0.5) is 4.79 Å². The second kappa shape index (κ2) is 5.25. The number of amides is 1. The highest BCUT2D eigenvalue weighted by Crippen LogP contribution is 2.14. The normalized spacial score (nSPS) is 17.1. The number of carbonyl (C=O) groups is 1. The van der Waals surface area contributed by atoms with Gasteiger partial charge in [-0.05, 0) is 19.9 Å². The molecule has 1 amide bonds. The van der Waals surface area contributed by atoms with Gasteiger partial charge in [-0.2, -0.15) is 9.78 Å². The molecule has 0 saturated carbocycles. The van der Waals surface area contributed by atoms with E-state index in [9.17, 15) is 4.79 Å². The summed E-state index contributed by atoms with van der Waals surface area (Å²) in [5.41, 5.74) is 0.879. The Hall–Kier alpha value is -1.88. The van der Waals surface area contributed by atoms with E-state index in [1.54, 1.807) is 6.20 Å². The predicted molar refractivity (Wildman–Crippen MR) is 78.8 cm³/mol. The first kappa shape index (κ1) is 13.1. The van der Waals surface area contributed by atoms with Crippen LogP contribution in [-0.4, -0.2) is 57.8 Å². The van der Waals surface area contributed by atoms with E-state index in [2.05, 4.69) is 23.8 Å². The number of carbonyl (C=O) groups excluding carboxylic acids is 1. The number of hydrogen-bond acceptors (Lipinski definition) is 3. The molecule has 3 rings (SSSR count). The summed E-state index contributed by atoms with van der Waals surface area (Å²) >= 11 is 0. The van der Waals surface area contributed by atoms with Crippen LogP contribution in [0.3, 0.4) is 0 Å². The molecule has 2 aromatic rings. The largest absolute Gasteiger partial charge is 0.345 e. The lowest BCUT2D eigenvalue weighted by molar-refractivity contribution is 0.119. The second-order valence-corrected chi connectivity index (χ2v) is 5.51. The zero-order chi connectivity index (χ0) is 14.1. The molecular formula is C15H20N4O. The maximum Gasteiger partial charge on any atom is 0.345 e. The van der Waals surface area contributed by atoms with E-state index in [0.717, 1.165) is 37.1 Å². The smallest absolute Gasteiger partial charge is 0.320 e. The van der Waals surface area contributed by atoms with Gasteiger partial charge in [-0.15, -0.1) is 0 Å². The van der Waals surface area contributed by atoms with Gasteiger partial charge in [0.15, 0.2) is 0 Å². The standard InChI is InChI=1S/C15H20N4O/c1-12(2)17-7-9-18(10-8-17)15(20)19-14-6-4-3-5-13(14)11-16-19/h3-6,11-12H,7-10H2,1-2H3. The third-order valence-electron chi connectivity index (χ3n) is 3.97. The maximum absolute atomic E-state index is 12.6. The molecule has 1 saturated heterocycles. The minimum absolute atomic E-state index is 0.0189. The molecule has 0 unspecified atom stereocenters. The van der Waals surface area contributed by atoms with E-state index in [0.29, 0.717) is 6.04 Å². The summed E-state index contributed by atoms with van der Waals surface area (Å²) in [5, 5.41) is 5.24. The van der Waals surface area contributed by atoms with Crippen molar-refractivity contribution in [1.82, 2.24) is 19.6 Å². The SMILES string of the molecule is CC(C)N1CCN(C(=O)n2ncc3ccccc32)CC1. The molecule has 1 aliphatic heterocycles. The van der Waals surface area contributed by atoms with E-state index >= 15 is 0 Å². The van der Waals surface area contributed by atoms with Gasteiger partial charge in [0, 0.05) is 37.6 Å². The van der Waals surface area contributed by atoms with Crippen LogP contribution in [0.1, 0.15) is 13.8 Å². The van der Waals surface area contributed by atoms with Gasteiger partial charge in [-0.1, -0.05) is 18.2 Å². The second-order valence-electron chi connectivity index (χ2n) is 5.51. The highest BCUT2D eigenvalue weighted by Gasteiger charge is 2.24. The Labute approximate surface area is 118 Å². The van der Waals surface area contributed by atoms with E-state index in [1.165, 1.54) is 4.68 Å². The Morgan fingerprint density at radius 2 is 1.85 bits per heavy atom. The summed E-state index contributed by atoms with van der Waals surface area (Å²) in [6, 6.07) is 8.32. The Morgan fingerprint density at radius 1 is 1.15 bits per heavy atom. The third-order valence-corrected chi connectivity index (χ3v) is 3.97. The molecule has 0 atom stereocenters. The predicted octanol–water partition coefficient (Wildman–Crippen LogP) is 2.03. The quantitative estimate of drug-likeness (QED) is 0.797. The van der Waals surface area contributed by atoms with Crippen LogP contribution in [0.25, 0.3) is 10.9 Å². The fourth-order valence-corrected chi connectivity index (χ4v) is 2.69. The Balaban J connectivity index is 1.77. The summed E-state index contributed by atoms with van der Waals surface area (Å²) in [4.78, 5) is 16.8. The molecule has 5 nitrogen and oxygen atoms in total. The molecule has 1 fully saturated rings. The van der Waals surface area contributed by atoms with Crippen molar-refractivity contribution in [2.24, 2.45) is 0 Å². The fraction of sp³-hybridized carbons (Fsp3) is 0.467. The molecule has 106 valence electrons. The van der Waals surface area contributed by atoms with Gasteiger partial charge in [-0.3, -0.25) is 4.90 Å². The topological polar surface area (TPSA) is 41.4 Å². The molecule has 1 aromatic carbocycles. The van der Waals surface area contributed by atoms with Crippen molar-refractivity contribution >= 4 is 16.9 Å². The van der Waals surface area contributed by atoms with E-state index in [-0.39, 0.29) is 6.03 Å². The molecule has 0 bridgehead atoms. The summed E-state index contributed by atoms with van der Waals surface area (Å²) in [6.45, 7) is 7.79. The van der Waals surface area contributed by atoms with Crippen LogP contribution in [0.2, 0.25) is 0 Å². The summed E-state index contributed by atoms with van der Waals surface area (Å²) in [5.74, 6) is 0. The molecule has 2 heterocycles. The number of rotatable bonds is 1. The van der Waals surface area contributed by atoms with Crippen molar-refractivity contribution in [1.29, 1.82) is 0 Å². The van der Waals surface area contributed by atoms with E-state index in [4.69, 9.17) is 0 Å². The van der Waals surface area contributed by atoms with Crippen LogP contribution < -0.4 is 0 Å². The number of benzene rings is 1. The lowest BCUT2D eigenvalue weighted by Gasteiger charge is -2.36. The number of hydrogen-bond donors (Lipinski definition) is 0. The van der Waals surface area contributed by atoms with Crippen molar-refractivity contribution in [2.45, 2.75) is 19.9 Å². The van der Waals surface area contributed by atoms with Crippen LogP contribution in [0, 0.1) is 0 Å². The van der Waals surface area contributed by atoms with Gasteiger partial charge in [0.05, 0.1) is 11.7 Å². The Bertz CT molecular complexity index is 611. The zero-order valence-corrected chi connectivity index (χ0v) is 12.0. The first-order chi connectivity index (χ1) is 9.66. The van der Waals surface area contributed by atoms with Crippen molar-refractivity contribution in [3.05, 3.63) is 30.5 Å². The van der Waals surface area contributed by atoms with Crippen molar-refractivity contribution in [3.63, 3.8) is 0 Å². The molecule has 0 N–H and O–H groups in total. The average Bonchev–Trinajstić information content (AvgIpc) is 2.90. The van der Waals surface area contributed by atoms with Gasteiger partial charge in [0.25, 0.3) is 0 Å². The number of para-hydroxylation sites is 1. The van der Waals surface area contributed by atoms with Crippen molar-refractivity contribution in [3.8, 4) is 0 Å². The molecule has 20 heavy (non-hydrogen) atoms. The first-order valence-corrected chi connectivity index (χ1v) is 7.13. The summed E-state index contributed by atoms with van der Waals surface area (Å²) in [6.07, 6.45) is 1.75. The van der Waals surface area contributed by atoms with E-state index in [1.807, 2.05) is 29.2 Å².